The molecule has 1 aromatic heterocycles. The van der Waals surface area contributed by atoms with E-state index in [0.717, 1.165) is 22.6 Å². The molecule has 3 aromatic rings. The second-order valence-corrected chi connectivity index (χ2v) is 9.46. The van der Waals surface area contributed by atoms with E-state index in [0.29, 0.717) is 57.3 Å². The molecule has 0 unspecified atom stereocenters. The minimum Gasteiger partial charge on any atom is -0.366 e. The molecule has 0 radical (unpaired) electrons. The van der Waals surface area contributed by atoms with E-state index in [1.165, 1.54) is 18.2 Å². The highest BCUT2D eigenvalue weighted by Gasteiger charge is 2.28. The van der Waals surface area contributed by atoms with Gasteiger partial charge in [0.1, 0.15) is 17.5 Å². The highest BCUT2D eigenvalue weighted by molar-refractivity contribution is 5.79. The Balaban J connectivity index is 1.30. The second kappa shape index (κ2) is 10.1. The monoisotopic (exact) mass is 492 g/mol. The Morgan fingerprint density at radius 2 is 1.61 bits per heavy atom. The van der Waals surface area contributed by atoms with Crippen LogP contribution in [0.2, 0.25) is 0 Å². The minimum absolute atomic E-state index is 0.00491. The van der Waals surface area contributed by atoms with Gasteiger partial charge in [-0.2, -0.15) is 4.98 Å². The number of carbonyl (C=O) groups excluding carboxylic acids is 1. The molecule has 3 heterocycles. The van der Waals surface area contributed by atoms with Crippen molar-refractivity contribution in [3.8, 4) is 0 Å². The number of fused-ring (bicyclic) bond motifs is 1. The third-order valence-corrected chi connectivity index (χ3v) is 6.83. The molecular weight excluding hydrogens is 462 g/mol. The highest BCUT2D eigenvalue weighted by Crippen LogP contribution is 2.29. The van der Waals surface area contributed by atoms with Crippen LogP contribution in [0.1, 0.15) is 16.8 Å². The highest BCUT2D eigenvalue weighted by atomic mass is 19.1. The number of piperazine rings is 1. The van der Waals surface area contributed by atoms with Crippen LogP contribution < -0.4 is 14.7 Å². The summed E-state index contributed by atoms with van der Waals surface area (Å²) in [6.07, 6.45) is 0.883. The summed E-state index contributed by atoms with van der Waals surface area (Å²) in [5.74, 6) is 0.979. The lowest BCUT2D eigenvalue weighted by Gasteiger charge is -2.37. The largest absolute Gasteiger partial charge is 0.366 e. The zero-order valence-corrected chi connectivity index (χ0v) is 20.6. The number of halogens is 2. The lowest BCUT2D eigenvalue weighted by Crippen LogP contribution is -2.47. The minimum atomic E-state index is -0.310. The van der Waals surface area contributed by atoms with E-state index >= 15 is 0 Å². The molecule has 5 rings (SSSR count). The number of hydrogen-bond acceptors (Lipinski definition) is 6. The average Bonchev–Trinajstić information content (AvgIpc) is 2.89. The SMILES string of the molecule is CN(C)c1nc(N2CCN(c3ccccc3F)CC2)nc2c1CN(C(=O)Cc1ccc(F)cc1)CC2. The Labute approximate surface area is 210 Å². The molecule has 0 bridgehead atoms. The Hall–Kier alpha value is -3.75. The summed E-state index contributed by atoms with van der Waals surface area (Å²) in [6, 6.07) is 12.9. The lowest BCUT2D eigenvalue weighted by molar-refractivity contribution is -0.131. The first-order chi connectivity index (χ1) is 17.4. The number of carbonyl (C=O) groups is 1. The fourth-order valence-electron chi connectivity index (χ4n) is 4.85. The van der Waals surface area contributed by atoms with Gasteiger partial charge in [0.25, 0.3) is 0 Å². The number of para-hydroxylation sites is 1. The van der Waals surface area contributed by atoms with Gasteiger partial charge in [-0.3, -0.25) is 4.79 Å². The zero-order chi connectivity index (χ0) is 25.2. The molecule has 36 heavy (non-hydrogen) atoms. The van der Waals surface area contributed by atoms with Crippen molar-refractivity contribution in [3.05, 3.63) is 77.0 Å². The topological polar surface area (TPSA) is 55.8 Å². The third-order valence-electron chi connectivity index (χ3n) is 6.83. The van der Waals surface area contributed by atoms with Gasteiger partial charge in [0.05, 0.1) is 24.3 Å². The van der Waals surface area contributed by atoms with Crippen molar-refractivity contribution >= 4 is 23.4 Å². The van der Waals surface area contributed by atoms with E-state index < -0.39 is 0 Å². The molecule has 0 spiro atoms. The number of benzene rings is 2. The summed E-state index contributed by atoms with van der Waals surface area (Å²) < 4.78 is 27.4. The van der Waals surface area contributed by atoms with Crippen LogP contribution in [0.5, 0.6) is 0 Å². The van der Waals surface area contributed by atoms with Gasteiger partial charge in [-0.25, -0.2) is 13.8 Å². The molecule has 2 aliphatic rings. The van der Waals surface area contributed by atoms with E-state index in [1.807, 2.05) is 36.0 Å². The van der Waals surface area contributed by atoms with Crippen LogP contribution in [-0.4, -0.2) is 67.6 Å². The Bertz CT molecular complexity index is 1240. The van der Waals surface area contributed by atoms with Gasteiger partial charge in [-0.1, -0.05) is 24.3 Å². The van der Waals surface area contributed by atoms with Crippen LogP contribution in [0.25, 0.3) is 0 Å². The van der Waals surface area contributed by atoms with Crippen molar-refractivity contribution < 1.29 is 13.6 Å². The molecule has 9 heteroatoms. The quantitative estimate of drug-likeness (QED) is 0.545. The van der Waals surface area contributed by atoms with E-state index in [9.17, 15) is 13.6 Å². The predicted molar refractivity (Wildman–Crippen MR) is 136 cm³/mol. The first-order valence-corrected chi connectivity index (χ1v) is 12.2. The fraction of sp³-hybridized carbons (Fsp3) is 0.370. The summed E-state index contributed by atoms with van der Waals surface area (Å²) in [4.78, 5) is 30.7. The van der Waals surface area contributed by atoms with Crippen molar-refractivity contribution in [2.75, 3.05) is 61.5 Å². The zero-order valence-electron chi connectivity index (χ0n) is 20.6. The van der Waals surface area contributed by atoms with Crippen molar-refractivity contribution in [2.24, 2.45) is 0 Å². The van der Waals surface area contributed by atoms with Gasteiger partial charge in [0.2, 0.25) is 11.9 Å². The molecule has 0 saturated carbocycles. The van der Waals surface area contributed by atoms with Crippen LogP contribution in [0.15, 0.2) is 48.5 Å². The number of aromatic nitrogens is 2. The molecule has 1 saturated heterocycles. The van der Waals surface area contributed by atoms with E-state index in [-0.39, 0.29) is 24.0 Å². The van der Waals surface area contributed by atoms with E-state index in [4.69, 9.17) is 9.97 Å². The molecule has 0 N–H and O–H groups in total. The molecule has 0 atom stereocenters. The Morgan fingerprint density at radius 1 is 0.917 bits per heavy atom. The number of rotatable bonds is 5. The summed E-state index contributed by atoms with van der Waals surface area (Å²) in [5.41, 5.74) is 3.35. The second-order valence-electron chi connectivity index (χ2n) is 9.46. The summed E-state index contributed by atoms with van der Waals surface area (Å²) >= 11 is 0. The molecule has 2 aromatic carbocycles. The van der Waals surface area contributed by atoms with Crippen LogP contribution >= 0.6 is 0 Å². The molecule has 7 nitrogen and oxygen atoms in total. The summed E-state index contributed by atoms with van der Waals surface area (Å²) in [6.45, 7) is 3.79. The predicted octanol–water partition coefficient (Wildman–Crippen LogP) is 3.27. The summed E-state index contributed by atoms with van der Waals surface area (Å²) in [7, 11) is 3.89. The standard InChI is InChI=1S/C27H30F2N6O/c1-32(2)26-21-18-35(25(36)17-19-7-9-20(28)10-8-19)12-11-23(21)30-27(31-26)34-15-13-33(14-16-34)24-6-4-3-5-22(24)29/h3-10H,11-18H2,1-2H3. The third kappa shape index (κ3) is 4.96. The van der Waals surface area contributed by atoms with Gasteiger partial charge < -0.3 is 19.6 Å². The number of anilines is 3. The number of amides is 1. The molecular formula is C27H30F2N6O. The lowest BCUT2D eigenvalue weighted by atomic mass is 10.0. The first-order valence-electron chi connectivity index (χ1n) is 12.2. The maximum atomic E-state index is 14.2. The fourth-order valence-corrected chi connectivity index (χ4v) is 4.85. The van der Waals surface area contributed by atoms with Crippen molar-refractivity contribution in [2.45, 2.75) is 19.4 Å². The molecule has 1 fully saturated rings. The van der Waals surface area contributed by atoms with E-state index in [2.05, 4.69) is 9.80 Å². The van der Waals surface area contributed by atoms with Crippen LogP contribution in [0.3, 0.4) is 0 Å². The van der Waals surface area contributed by atoms with Gasteiger partial charge in [0.15, 0.2) is 0 Å². The average molecular weight is 493 g/mol. The normalized spacial score (nSPS) is 15.6. The molecule has 0 aliphatic carbocycles. The summed E-state index contributed by atoms with van der Waals surface area (Å²) in [5, 5.41) is 0. The maximum Gasteiger partial charge on any atom is 0.227 e. The molecule has 2 aliphatic heterocycles. The number of hydrogen-bond donors (Lipinski definition) is 0. The van der Waals surface area contributed by atoms with Crippen LogP contribution in [-0.2, 0) is 24.2 Å². The van der Waals surface area contributed by atoms with Gasteiger partial charge in [-0.15, -0.1) is 0 Å². The van der Waals surface area contributed by atoms with Crippen LogP contribution in [0.4, 0.5) is 26.2 Å². The van der Waals surface area contributed by atoms with Crippen LogP contribution in [0, 0.1) is 11.6 Å². The number of nitrogens with zero attached hydrogens (tertiary/aromatic N) is 6. The van der Waals surface area contributed by atoms with E-state index in [1.54, 1.807) is 18.2 Å². The Morgan fingerprint density at radius 3 is 2.31 bits per heavy atom. The molecule has 1 amide bonds. The van der Waals surface area contributed by atoms with Gasteiger partial charge in [0, 0.05) is 58.8 Å². The maximum absolute atomic E-state index is 14.2. The Kier molecular flexibility index (Phi) is 6.71. The van der Waals surface area contributed by atoms with Crippen molar-refractivity contribution in [1.29, 1.82) is 0 Å². The van der Waals surface area contributed by atoms with Gasteiger partial charge >= 0.3 is 0 Å². The first kappa shape index (κ1) is 24.0. The molecule has 188 valence electrons. The van der Waals surface area contributed by atoms with Crippen molar-refractivity contribution in [1.82, 2.24) is 14.9 Å². The van der Waals surface area contributed by atoms with Gasteiger partial charge in [-0.05, 0) is 29.8 Å². The van der Waals surface area contributed by atoms with Crippen molar-refractivity contribution in [3.63, 3.8) is 0 Å². The smallest absolute Gasteiger partial charge is 0.227 e.